The summed E-state index contributed by atoms with van der Waals surface area (Å²) in [4.78, 5) is 42.0. The maximum atomic E-state index is 13.4. The molecule has 0 unspecified atom stereocenters. The first kappa shape index (κ1) is 24.4. The van der Waals surface area contributed by atoms with Crippen molar-refractivity contribution < 1.29 is 4.79 Å². The molecule has 5 rings (SSSR count). The van der Waals surface area contributed by atoms with E-state index in [0.717, 1.165) is 55.8 Å². The molecule has 8 heteroatoms. The van der Waals surface area contributed by atoms with Crippen LogP contribution in [0, 0.1) is 12.8 Å². The van der Waals surface area contributed by atoms with Crippen LogP contribution in [0.2, 0.25) is 0 Å². The van der Waals surface area contributed by atoms with Gasteiger partial charge < -0.3 is 10.2 Å². The van der Waals surface area contributed by atoms with Crippen LogP contribution in [0.4, 0.5) is 17.5 Å². The van der Waals surface area contributed by atoms with Gasteiger partial charge in [-0.1, -0.05) is 32.6 Å². The van der Waals surface area contributed by atoms with Crippen molar-refractivity contribution in [1.82, 2.24) is 19.5 Å². The lowest BCUT2D eigenvalue weighted by Gasteiger charge is -2.33. The van der Waals surface area contributed by atoms with Gasteiger partial charge in [0.15, 0.2) is 5.78 Å². The summed E-state index contributed by atoms with van der Waals surface area (Å²) in [5.74, 6) is 1.68. The minimum atomic E-state index is -0.241. The largest absolute Gasteiger partial charge is 0.370 e. The van der Waals surface area contributed by atoms with Gasteiger partial charge >= 0.3 is 0 Å². The van der Waals surface area contributed by atoms with Crippen LogP contribution in [0.1, 0.15) is 87.2 Å². The van der Waals surface area contributed by atoms with Gasteiger partial charge in [0.25, 0.3) is 5.56 Å². The van der Waals surface area contributed by atoms with Gasteiger partial charge in [-0.25, -0.2) is 9.97 Å². The van der Waals surface area contributed by atoms with Crippen molar-refractivity contribution in [3.8, 4) is 0 Å². The Kier molecular flexibility index (Phi) is 7.03. The van der Waals surface area contributed by atoms with Crippen molar-refractivity contribution in [2.45, 2.75) is 78.2 Å². The highest BCUT2D eigenvalue weighted by molar-refractivity contribution is 5.99. The molecule has 8 nitrogen and oxygen atoms in total. The van der Waals surface area contributed by atoms with E-state index in [2.05, 4.69) is 33.2 Å². The van der Waals surface area contributed by atoms with Gasteiger partial charge in [-0.05, 0) is 63.1 Å². The third-order valence-electron chi connectivity index (χ3n) is 7.91. The molecule has 1 saturated heterocycles. The van der Waals surface area contributed by atoms with Crippen LogP contribution in [0.3, 0.4) is 0 Å². The molecule has 190 valence electrons. The molecule has 1 N–H and O–H groups in total. The summed E-state index contributed by atoms with van der Waals surface area (Å²) in [6, 6.07) is 4.10. The van der Waals surface area contributed by atoms with Crippen molar-refractivity contribution >= 4 is 34.3 Å². The molecule has 36 heavy (non-hydrogen) atoms. The van der Waals surface area contributed by atoms with E-state index < -0.39 is 0 Å². The van der Waals surface area contributed by atoms with Crippen LogP contribution in [0.5, 0.6) is 0 Å². The summed E-state index contributed by atoms with van der Waals surface area (Å²) in [7, 11) is 0. The van der Waals surface area contributed by atoms with Crippen LogP contribution < -0.4 is 15.8 Å². The Balaban J connectivity index is 1.41. The second kappa shape index (κ2) is 10.4. The second-order valence-electron chi connectivity index (χ2n) is 10.3. The first-order chi connectivity index (χ1) is 17.5. The predicted octanol–water partition coefficient (Wildman–Crippen LogP) is 5.57. The number of fused-ring (bicyclic) bond motifs is 1. The molecule has 0 atom stereocenters. The molecule has 2 fully saturated rings. The highest BCUT2D eigenvalue weighted by atomic mass is 16.1. The standard InChI is InChI=1S/C28H36N6O2/c1-4-7-20-12-14-33(15-13-20)22-10-11-24(29-16-22)31-28-30-17-23-18(2)25(19(3)35)27(36)34(26(23)32-28)21-8-5-6-9-21/h10-11,16-17,20-21H,4-9,12-15H2,1-3H3,(H,29,30,31,32). The van der Waals surface area contributed by atoms with Crippen LogP contribution in [0.15, 0.2) is 29.3 Å². The van der Waals surface area contributed by atoms with E-state index in [9.17, 15) is 9.59 Å². The Hall–Kier alpha value is -3.29. The van der Waals surface area contributed by atoms with Gasteiger partial charge in [-0.2, -0.15) is 4.98 Å². The Morgan fingerprint density at radius 1 is 1.08 bits per heavy atom. The summed E-state index contributed by atoms with van der Waals surface area (Å²) in [5, 5.41) is 3.95. The molecule has 0 bridgehead atoms. The number of rotatable bonds is 7. The van der Waals surface area contributed by atoms with E-state index >= 15 is 0 Å². The minimum Gasteiger partial charge on any atom is -0.370 e. The zero-order chi connectivity index (χ0) is 25.2. The van der Waals surface area contributed by atoms with Gasteiger partial charge in [-0.15, -0.1) is 0 Å². The van der Waals surface area contributed by atoms with Gasteiger partial charge in [0, 0.05) is 30.7 Å². The summed E-state index contributed by atoms with van der Waals surface area (Å²) in [6.07, 6.45) is 12.7. The number of piperidine rings is 1. The van der Waals surface area contributed by atoms with E-state index in [1.165, 1.54) is 32.6 Å². The molecular weight excluding hydrogens is 452 g/mol. The molecule has 0 aromatic carbocycles. The van der Waals surface area contributed by atoms with Crippen molar-refractivity contribution in [3.63, 3.8) is 0 Å². The summed E-state index contributed by atoms with van der Waals surface area (Å²) in [5.41, 5.74) is 2.37. The lowest BCUT2D eigenvalue weighted by molar-refractivity contribution is 0.101. The average Bonchev–Trinajstić information content (AvgIpc) is 3.39. The number of Topliss-reactive ketones (excluding diaryl/α,β-unsaturated/α-hetero) is 1. The topological polar surface area (TPSA) is 93.0 Å². The number of nitrogens with zero attached hydrogens (tertiary/aromatic N) is 5. The first-order valence-corrected chi connectivity index (χ1v) is 13.4. The molecule has 3 aromatic heterocycles. The molecule has 3 aromatic rings. The average molecular weight is 489 g/mol. The Morgan fingerprint density at radius 2 is 1.83 bits per heavy atom. The zero-order valence-electron chi connectivity index (χ0n) is 21.6. The fourth-order valence-electron chi connectivity index (χ4n) is 5.96. The summed E-state index contributed by atoms with van der Waals surface area (Å²) < 4.78 is 1.73. The fourth-order valence-corrected chi connectivity index (χ4v) is 5.96. The second-order valence-corrected chi connectivity index (χ2v) is 10.3. The van der Waals surface area contributed by atoms with Crippen LogP contribution in [-0.2, 0) is 0 Å². The van der Waals surface area contributed by atoms with Crippen molar-refractivity contribution in [2.75, 3.05) is 23.3 Å². The molecule has 4 heterocycles. The normalized spacial score (nSPS) is 17.1. The smallest absolute Gasteiger partial charge is 0.263 e. The first-order valence-electron chi connectivity index (χ1n) is 13.4. The number of anilines is 3. The SMILES string of the molecule is CCCC1CCN(c2ccc(Nc3ncc4c(C)c(C(C)=O)c(=O)n(C5CCCC5)c4n3)nc2)CC1. The summed E-state index contributed by atoms with van der Waals surface area (Å²) in [6.45, 7) is 7.68. The number of hydrogen-bond donors (Lipinski definition) is 1. The predicted molar refractivity (Wildman–Crippen MR) is 143 cm³/mol. The molecule has 0 spiro atoms. The molecule has 0 amide bonds. The van der Waals surface area contributed by atoms with Gasteiger partial charge in [0.1, 0.15) is 11.5 Å². The molecule has 1 aliphatic carbocycles. The van der Waals surface area contributed by atoms with Crippen LogP contribution in [0.25, 0.3) is 11.0 Å². The number of aromatic nitrogens is 4. The van der Waals surface area contributed by atoms with Crippen molar-refractivity contribution in [2.24, 2.45) is 5.92 Å². The molecule has 1 saturated carbocycles. The quantitative estimate of drug-likeness (QED) is 0.434. The van der Waals surface area contributed by atoms with E-state index in [4.69, 9.17) is 4.98 Å². The van der Waals surface area contributed by atoms with Gasteiger partial charge in [0.2, 0.25) is 5.95 Å². The Labute approximate surface area is 212 Å². The Bertz CT molecular complexity index is 1300. The molecule has 1 aliphatic heterocycles. The minimum absolute atomic E-state index is 0.0559. The number of nitrogens with one attached hydrogen (secondary N) is 1. The highest BCUT2D eigenvalue weighted by Crippen LogP contribution is 2.32. The third-order valence-corrected chi connectivity index (χ3v) is 7.91. The maximum Gasteiger partial charge on any atom is 0.263 e. The fraction of sp³-hybridized carbons (Fsp3) is 0.536. The highest BCUT2D eigenvalue weighted by Gasteiger charge is 2.26. The van der Waals surface area contributed by atoms with E-state index in [-0.39, 0.29) is 22.9 Å². The molecule has 0 radical (unpaired) electrons. The van der Waals surface area contributed by atoms with Gasteiger partial charge in [-0.3, -0.25) is 14.2 Å². The van der Waals surface area contributed by atoms with Crippen LogP contribution in [-0.4, -0.2) is 38.4 Å². The van der Waals surface area contributed by atoms with Crippen LogP contribution >= 0.6 is 0 Å². The summed E-state index contributed by atoms with van der Waals surface area (Å²) >= 11 is 0. The zero-order valence-corrected chi connectivity index (χ0v) is 21.6. The maximum absolute atomic E-state index is 13.4. The number of aryl methyl sites for hydroxylation is 1. The lowest BCUT2D eigenvalue weighted by atomic mass is 9.92. The number of ketones is 1. The van der Waals surface area contributed by atoms with E-state index in [1.54, 1.807) is 17.7 Å². The number of pyridine rings is 2. The molecular formula is C28H36N6O2. The van der Waals surface area contributed by atoms with Crippen molar-refractivity contribution in [1.29, 1.82) is 0 Å². The third kappa shape index (κ3) is 4.73. The number of carbonyl (C=O) groups is 1. The van der Waals surface area contributed by atoms with E-state index in [1.807, 2.05) is 12.3 Å². The van der Waals surface area contributed by atoms with Crippen molar-refractivity contribution in [3.05, 3.63) is 46.0 Å². The molecule has 2 aliphatic rings. The monoisotopic (exact) mass is 488 g/mol. The number of carbonyl (C=O) groups excluding carboxylic acids is 1. The lowest BCUT2D eigenvalue weighted by Crippen LogP contribution is -2.33. The number of hydrogen-bond acceptors (Lipinski definition) is 7. The Morgan fingerprint density at radius 3 is 2.47 bits per heavy atom. The van der Waals surface area contributed by atoms with E-state index in [0.29, 0.717) is 23.0 Å². The van der Waals surface area contributed by atoms with Gasteiger partial charge in [0.05, 0.1) is 17.4 Å².